The molecule has 0 unspecified atom stereocenters. The molecule has 0 aliphatic carbocycles. The maximum Gasteiger partial charge on any atom is 0 e. The van der Waals surface area contributed by atoms with Crippen LogP contribution in [0, 0.1) is 39.8 Å². The molecule has 0 saturated carbocycles. The average molecular weight is 337 g/mol. The molecule has 6 nitrogen and oxygen atoms in total. The van der Waals surface area contributed by atoms with Crippen LogP contribution in [0.3, 0.4) is 0 Å². The van der Waals surface area contributed by atoms with Crippen LogP contribution >= 0.6 is 0 Å². The van der Waals surface area contributed by atoms with Crippen molar-refractivity contribution < 1.29 is 62.6 Å². The van der Waals surface area contributed by atoms with E-state index in [9.17, 15) is 22.0 Å². The van der Waals surface area contributed by atoms with E-state index >= 15 is 0 Å². The minimum absolute atomic E-state index is 0. The molecule has 0 N–H and O–H groups in total. The van der Waals surface area contributed by atoms with Gasteiger partial charge in [-0.3, -0.25) is 0 Å². The molecule has 0 bridgehead atoms. The summed E-state index contributed by atoms with van der Waals surface area (Å²) in [6.07, 6.45) is -5.74. The zero-order valence-electron chi connectivity index (χ0n) is 8.79. The van der Waals surface area contributed by atoms with Crippen LogP contribution < -0.4 is 0 Å². The average Bonchev–Trinajstić information content (AvgIpc) is 2.48. The molecule has 0 spiro atoms. The smallest absolute Gasteiger partial charge is 0 e. The molecule has 12 heteroatoms. The Balaban J connectivity index is -0.0000000261. The second-order valence-corrected chi connectivity index (χ2v) is 1.15. The van der Waals surface area contributed by atoms with Gasteiger partial charge in [-0.15, -0.1) is 8.78 Å². The SMILES string of the molecule is [C-]#[N+]C(F)(F)C(F)(F)F.[C-]#[O+].[C-]#[O+].[C-]#[O+].[C-]#[O+].[C-]#[O+].[Cr]. The number of rotatable bonds is 0. The summed E-state index contributed by atoms with van der Waals surface area (Å²) in [5.74, 6) is 0. The summed E-state index contributed by atoms with van der Waals surface area (Å²) in [4.78, 5) is 1.08. The molecule has 0 fully saturated rings. The number of halogens is 5. The van der Waals surface area contributed by atoms with Crippen molar-refractivity contribution in [3.63, 3.8) is 0 Å². The van der Waals surface area contributed by atoms with Crippen molar-refractivity contribution in [1.82, 2.24) is 0 Å². The predicted molar refractivity (Wildman–Crippen MR) is 37.3 cm³/mol. The molecule has 0 aliphatic heterocycles. The third-order valence-electron chi connectivity index (χ3n) is 0.481. The predicted octanol–water partition coefficient (Wildman–Crippen LogP) is 1.87. The van der Waals surface area contributed by atoms with E-state index in [2.05, 4.69) is 33.3 Å². The Labute approximate surface area is 120 Å². The van der Waals surface area contributed by atoms with Gasteiger partial charge in [-0.05, 0) is 0 Å². The van der Waals surface area contributed by atoms with Gasteiger partial charge in [0.2, 0.25) is 0 Å². The van der Waals surface area contributed by atoms with Crippen molar-refractivity contribution >= 4 is 0 Å². The summed E-state index contributed by atoms with van der Waals surface area (Å²) in [6, 6.07) is -5.23. The quantitative estimate of drug-likeness (QED) is 0.279. The van der Waals surface area contributed by atoms with E-state index in [1.54, 1.807) is 0 Å². The van der Waals surface area contributed by atoms with Crippen LogP contribution in [0.1, 0.15) is 0 Å². The number of hydrogen-bond donors (Lipinski definition) is 0. The van der Waals surface area contributed by atoms with Gasteiger partial charge >= 0.3 is 68.7 Å². The maximum atomic E-state index is 11.2. The Morgan fingerprint density at radius 1 is 0.600 bits per heavy atom. The molecule has 0 aromatic carbocycles. The minimum Gasteiger partial charge on any atom is 0 e. The van der Waals surface area contributed by atoms with E-state index in [0.717, 1.165) is 4.85 Å². The van der Waals surface area contributed by atoms with Crippen molar-refractivity contribution in [2.45, 2.75) is 12.2 Å². The van der Waals surface area contributed by atoms with E-state index in [1.165, 1.54) is 0 Å². The molecule has 108 valence electrons. The molecule has 0 heterocycles. The summed E-state index contributed by atoms with van der Waals surface area (Å²) in [5.41, 5.74) is 0. The van der Waals surface area contributed by atoms with Gasteiger partial charge in [0.1, 0.15) is 0 Å². The largest absolute Gasteiger partial charge is 0 e. The van der Waals surface area contributed by atoms with E-state index in [0.29, 0.717) is 0 Å². The summed E-state index contributed by atoms with van der Waals surface area (Å²) < 4.78 is 92.5. The van der Waals surface area contributed by atoms with Crippen molar-refractivity contribution in [3.8, 4) is 0 Å². The summed E-state index contributed by atoms with van der Waals surface area (Å²) in [7, 11) is 0. The summed E-state index contributed by atoms with van der Waals surface area (Å²) in [5, 5.41) is 0. The van der Waals surface area contributed by atoms with Gasteiger partial charge in [-0.25, -0.2) is 11.4 Å². The van der Waals surface area contributed by atoms with Crippen LogP contribution in [0.2, 0.25) is 0 Å². The molecular weight excluding hydrogens is 337 g/mol. The molecule has 0 aliphatic rings. The Morgan fingerprint density at radius 3 is 0.750 bits per heavy atom. The zero-order valence-corrected chi connectivity index (χ0v) is 10.1. The second-order valence-electron chi connectivity index (χ2n) is 1.15. The molecule has 0 rings (SSSR count). The molecule has 0 amide bonds. The monoisotopic (exact) mass is 337 g/mol. The summed E-state index contributed by atoms with van der Waals surface area (Å²) in [6.45, 7) is 27.9. The number of hydrogen-bond acceptors (Lipinski definition) is 0. The Morgan fingerprint density at radius 2 is 0.750 bits per heavy atom. The third kappa shape index (κ3) is 36.0. The summed E-state index contributed by atoms with van der Waals surface area (Å²) >= 11 is 0. The first kappa shape index (κ1) is 42.9. The van der Waals surface area contributed by atoms with Gasteiger partial charge in [-0.2, -0.15) is 13.2 Å². The Kier molecular flexibility index (Phi) is 77.2. The fourth-order valence-electron chi connectivity index (χ4n) is 0.0634. The van der Waals surface area contributed by atoms with Crippen LogP contribution in [-0.4, -0.2) is 12.2 Å². The molecule has 0 radical (unpaired) electrons. The van der Waals surface area contributed by atoms with Gasteiger partial charge in [0.05, 0.1) is 0 Å². The molecule has 0 atom stereocenters. The van der Waals surface area contributed by atoms with Crippen LogP contribution in [0.15, 0.2) is 0 Å². The fourth-order valence-corrected chi connectivity index (χ4v) is 0.0634. The third-order valence-corrected chi connectivity index (χ3v) is 0.481. The Bertz CT molecular complexity index is 291. The van der Waals surface area contributed by atoms with E-state index in [-0.39, 0.29) is 17.4 Å². The van der Waals surface area contributed by atoms with Crippen LogP contribution in [0.5, 0.6) is 0 Å². The Hall–Kier alpha value is -1.63. The normalized spacial score (nSPS) is 6.30. The maximum absolute atomic E-state index is 11.2. The zero-order chi connectivity index (χ0) is 17.7. The molecular formula is C8CrF5NO5. The standard InChI is InChI=1S/C3F5N.5CO.Cr/c1-9-3(7,8)2(4,5)6;5*1-2;. The molecule has 0 saturated heterocycles. The minimum atomic E-state index is -5.74. The second kappa shape index (κ2) is 36.0. The first-order valence-electron chi connectivity index (χ1n) is 2.66. The first-order valence-corrected chi connectivity index (χ1v) is 2.66. The number of nitrogens with zero attached hydrogens (tertiary/aromatic N) is 1. The van der Waals surface area contributed by atoms with E-state index in [1.807, 2.05) is 0 Å². The van der Waals surface area contributed by atoms with E-state index in [4.69, 9.17) is 29.8 Å². The molecule has 20 heavy (non-hydrogen) atoms. The molecule has 0 aromatic rings. The first-order chi connectivity index (χ1) is 8.81. The topological polar surface area (TPSA) is 104 Å². The van der Waals surface area contributed by atoms with Gasteiger partial charge < -0.3 is 0 Å². The van der Waals surface area contributed by atoms with Crippen LogP contribution in [0.4, 0.5) is 22.0 Å². The van der Waals surface area contributed by atoms with Gasteiger partial charge in [0.25, 0.3) is 0 Å². The van der Waals surface area contributed by atoms with Crippen molar-refractivity contribution in [1.29, 1.82) is 0 Å². The fraction of sp³-hybridized carbons (Fsp3) is 0.250. The van der Waals surface area contributed by atoms with Crippen LogP contribution in [-0.2, 0) is 40.6 Å². The van der Waals surface area contributed by atoms with Crippen molar-refractivity contribution in [2.24, 2.45) is 0 Å². The van der Waals surface area contributed by atoms with E-state index < -0.39 is 12.2 Å². The van der Waals surface area contributed by atoms with Crippen LogP contribution in [0.25, 0.3) is 4.85 Å². The van der Waals surface area contributed by atoms with Crippen molar-refractivity contribution in [2.75, 3.05) is 0 Å². The van der Waals surface area contributed by atoms with Crippen molar-refractivity contribution in [3.05, 3.63) is 44.7 Å². The van der Waals surface area contributed by atoms with Gasteiger partial charge in [0, 0.05) is 17.4 Å². The van der Waals surface area contributed by atoms with Gasteiger partial charge in [0.15, 0.2) is 0 Å². The molecule has 0 aromatic heterocycles. The number of alkyl halides is 5. The van der Waals surface area contributed by atoms with Gasteiger partial charge in [-0.1, -0.05) is 0 Å².